The minimum absolute atomic E-state index is 0.165. The zero-order valence-corrected chi connectivity index (χ0v) is 15.1. The zero-order valence-electron chi connectivity index (χ0n) is 15.1. The molecular weight excluding hydrogens is 346 g/mol. The lowest BCUT2D eigenvalue weighted by molar-refractivity contribution is 0.112. The maximum atomic E-state index is 12.0. The second-order valence-corrected chi connectivity index (χ2v) is 6.24. The first kappa shape index (κ1) is 18.5. The number of hydrogen-bond donors (Lipinski definition) is 1. The highest BCUT2D eigenvalue weighted by Gasteiger charge is 2.19. The van der Waals surface area contributed by atoms with Gasteiger partial charge in [-0.05, 0) is 48.2 Å². The normalized spacial score (nSPS) is 13.7. The van der Waals surface area contributed by atoms with E-state index in [1.54, 1.807) is 35.2 Å². The van der Waals surface area contributed by atoms with E-state index in [4.69, 9.17) is 9.47 Å². The van der Waals surface area contributed by atoms with Crippen LogP contribution >= 0.6 is 0 Å². The second-order valence-electron chi connectivity index (χ2n) is 6.24. The monoisotopic (exact) mass is 367 g/mol. The van der Waals surface area contributed by atoms with Gasteiger partial charge in [0.1, 0.15) is 5.75 Å². The molecule has 0 atom stereocenters. The van der Waals surface area contributed by atoms with Gasteiger partial charge in [0.05, 0.1) is 12.7 Å². The summed E-state index contributed by atoms with van der Waals surface area (Å²) in [4.78, 5) is 24.8. The number of phenolic OH excluding ortho intramolecular Hbond substituents is 1. The predicted octanol–water partition coefficient (Wildman–Crippen LogP) is 3.98. The average molecular weight is 367 g/mol. The van der Waals surface area contributed by atoms with Crippen LogP contribution in [-0.2, 0) is 0 Å². The number of rotatable bonds is 5. The standard InChI is InChI=1S/C21H21NO5/c1-26-19-13-16(12-17(14-23)20(19)24)5-4-15-6-8-18(9-7-15)27-21(25)22-10-2-3-11-22/h4-9,12-14,24H,2-3,10-11H2,1H3/b5-4+. The molecule has 6 nitrogen and oxygen atoms in total. The van der Waals surface area contributed by atoms with Crippen molar-refractivity contribution in [2.75, 3.05) is 20.2 Å². The number of carbonyl (C=O) groups is 2. The topological polar surface area (TPSA) is 76.1 Å². The summed E-state index contributed by atoms with van der Waals surface area (Å²) in [7, 11) is 1.43. The van der Waals surface area contributed by atoms with Gasteiger partial charge in [-0.1, -0.05) is 24.3 Å². The molecule has 0 aromatic heterocycles. The molecule has 1 N–H and O–H groups in total. The summed E-state index contributed by atoms with van der Waals surface area (Å²) < 4.78 is 10.4. The van der Waals surface area contributed by atoms with E-state index in [0.717, 1.165) is 37.1 Å². The van der Waals surface area contributed by atoms with E-state index in [2.05, 4.69) is 0 Å². The van der Waals surface area contributed by atoms with Crippen LogP contribution in [0.15, 0.2) is 36.4 Å². The van der Waals surface area contributed by atoms with Gasteiger partial charge >= 0.3 is 6.09 Å². The molecule has 3 rings (SSSR count). The summed E-state index contributed by atoms with van der Waals surface area (Å²) >= 11 is 0. The minimum atomic E-state index is -0.312. The number of phenols is 1. The van der Waals surface area contributed by atoms with Crippen LogP contribution in [0.4, 0.5) is 4.79 Å². The van der Waals surface area contributed by atoms with E-state index in [9.17, 15) is 14.7 Å². The fourth-order valence-corrected chi connectivity index (χ4v) is 2.90. The molecule has 0 bridgehead atoms. The Bertz CT molecular complexity index is 852. The molecule has 0 radical (unpaired) electrons. The smallest absolute Gasteiger partial charge is 0.415 e. The Morgan fingerprint density at radius 3 is 2.37 bits per heavy atom. The van der Waals surface area contributed by atoms with Gasteiger partial charge in [0.25, 0.3) is 0 Å². The molecule has 0 unspecified atom stereocenters. The number of aldehydes is 1. The molecule has 1 amide bonds. The number of aromatic hydroxyl groups is 1. The van der Waals surface area contributed by atoms with E-state index >= 15 is 0 Å². The molecule has 6 heteroatoms. The van der Waals surface area contributed by atoms with Crippen LogP contribution < -0.4 is 9.47 Å². The summed E-state index contributed by atoms with van der Waals surface area (Å²) in [6.45, 7) is 1.50. The zero-order chi connectivity index (χ0) is 19.2. The van der Waals surface area contributed by atoms with Crippen LogP contribution in [0, 0.1) is 0 Å². The Hall–Kier alpha value is -3.28. The van der Waals surface area contributed by atoms with E-state index in [-0.39, 0.29) is 23.2 Å². The van der Waals surface area contributed by atoms with Gasteiger partial charge in [-0.25, -0.2) is 4.79 Å². The Labute approximate surface area is 157 Å². The van der Waals surface area contributed by atoms with Crippen LogP contribution in [0.2, 0.25) is 0 Å². The van der Waals surface area contributed by atoms with Gasteiger partial charge in [0.2, 0.25) is 0 Å². The van der Waals surface area contributed by atoms with Gasteiger partial charge in [0.15, 0.2) is 17.8 Å². The van der Waals surface area contributed by atoms with Crippen molar-refractivity contribution in [3.63, 3.8) is 0 Å². The Balaban J connectivity index is 1.69. The van der Waals surface area contributed by atoms with E-state index < -0.39 is 0 Å². The summed E-state index contributed by atoms with van der Waals surface area (Å²) in [5, 5.41) is 9.85. The predicted molar refractivity (Wildman–Crippen MR) is 102 cm³/mol. The number of ether oxygens (including phenoxy) is 2. The number of benzene rings is 2. The third-order valence-corrected chi connectivity index (χ3v) is 4.39. The molecule has 1 aliphatic rings. The third kappa shape index (κ3) is 4.47. The molecule has 1 saturated heterocycles. The van der Waals surface area contributed by atoms with Crippen molar-refractivity contribution < 1.29 is 24.2 Å². The SMILES string of the molecule is COc1cc(/C=C/c2ccc(OC(=O)N3CCCC3)cc2)cc(C=O)c1O. The molecule has 1 aliphatic heterocycles. The van der Waals surface area contributed by atoms with Gasteiger partial charge in [0, 0.05) is 13.1 Å². The molecule has 1 fully saturated rings. The van der Waals surface area contributed by atoms with Crippen LogP contribution in [0.25, 0.3) is 12.2 Å². The van der Waals surface area contributed by atoms with E-state index in [1.165, 1.54) is 7.11 Å². The Morgan fingerprint density at radius 2 is 1.74 bits per heavy atom. The van der Waals surface area contributed by atoms with Crippen molar-refractivity contribution in [2.24, 2.45) is 0 Å². The van der Waals surface area contributed by atoms with Crippen molar-refractivity contribution in [3.8, 4) is 17.2 Å². The lowest BCUT2D eigenvalue weighted by atomic mass is 10.1. The number of hydrogen-bond acceptors (Lipinski definition) is 5. The highest BCUT2D eigenvalue weighted by molar-refractivity contribution is 5.84. The quantitative estimate of drug-likeness (QED) is 0.639. The molecular formula is C21H21NO5. The highest BCUT2D eigenvalue weighted by atomic mass is 16.6. The molecule has 1 heterocycles. The maximum absolute atomic E-state index is 12.0. The van der Waals surface area contributed by atoms with E-state index in [0.29, 0.717) is 12.0 Å². The fourth-order valence-electron chi connectivity index (χ4n) is 2.90. The average Bonchev–Trinajstić information content (AvgIpc) is 3.23. The van der Waals surface area contributed by atoms with Gasteiger partial charge in [-0.3, -0.25) is 4.79 Å². The first-order valence-electron chi connectivity index (χ1n) is 8.72. The highest BCUT2D eigenvalue weighted by Crippen LogP contribution is 2.31. The molecule has 2 aromatic rings. The molecule has 0 spiro atoms. The number of nitrogens with zero attached hydrogens (tertiary/aromatic N) is 1. The van der Waals surface area contributed by atoms with E-state index in [1.807, 2.05) is 18.2 Å². The lowest BCUT2D eigenvalue weighted by Crippen LogP contribution is -2.30. The summed E-state index contributed by atoms with van der Waals surface area (Å²) in [5.41, 5.74) is 1.78. The molecule has 27 heavy (non-hydrogen) atoms. The first-order valence-corrected chi connectivity index (χ1v) is 8.72. The van der Waals surface area contributed by atoms with Crippen molar-refractivity contribution in [2.45, 2.75) is 12.8 Å². The van der Waals surface area contributed by atoms with Crippen molar-refractivity contribution in [3.05, 3.63) is 53.1 Å². The van der Waals surface area contributed by atoms with Crippen LogP contribution in [0.3, 0.4) is 0 Å². The molecule has 0 aliphatic carbocycles. The number of carbonyl (C=O) groups excluding carboxylic acids is 2. The third-order valence-electron chi connectivity index (χ3n) is 4.39. The number of likely N-dealkylation sites (tertiary alicyclic amines) is 1. The van der Waals surface area contributed by atoms with Gasteiger partial charge in [-0.2, -0.15) is 0 Å². The largest absolute Gasteiger partial charge is 0.504 e. The van der Waals surface area contributed by atoms with Gasteiger partial charge < -0.3 is 19.5 Å². The maximum Gasteiger partial charge on any atom is 0.415 e. The first-order chi connectivity index (χ1) is 13.1. The van der Waals surface area contributed by atoms with Crippen molar-refractivity contribution in [1.82, 2.24) is 4.90 Å². The minimum Gasteiger partial charge on any atom is -0.504 e. The molecule has 0 saturated carbocycles. The Morgan fingerprint density at radius 1 is 1.07 bits per heavy atom. The fraction of sp³-hybridized carbons (Fsp3) is 0.238. The van der Waals surface area contributed by atoms with Crippen LogP contribution in [-0.4, -0.2) is 42.6 Å². The Kier molecular flexibility index (Phi) is 5.76. The second kappa shape index (κ2) is 8.40. The van der Waals surface area contributed by atoms with Crippen molar-refractivity contribution >= 4 is 24.5 Å². The molecule has 2 aromatic carbocycles. The number of methoxy groups -OCH3 is 1. The lowest BCUT2D eigenvalue weighted by Gasteiger charge is -2.14. The molecule has 140 valence electrons. The van der Waals surface area contributed by atoms with Crippen molar-refractivity contribution in [1.29, 1.82) is 0 Å². The van der Waals surface area contributed by atoms with Gasteiger partial charge in [-0.15, -0.1) is 0 Å². The summed E-state index contributed by atoms with van der Waals surface area (Å²) in [5.74, 6) is 0.566. The van der Waals surface area contributed by atoms with Crippen LogP contribution in [0.5, 0.6) is 17.2 Å². The summed E-state index contributed by atoms with van der Waals surface area (Å²) in [6, 6.07) is 10.4. The summed E-state index contributed by atoms with van der Waals surface area (Å²) in [6.07, 6.45) is 5.97. The number of amides is 1. The van der Waals surface area contributed by atoms with Crippen LogP contribution in [0.1, 0.15) is 34.3 Å².